The fourth-order valence-electron chi connectivity index (χ4n) is 2.76. The normalized spacial score (nSPS) is 11.7. The number of carbonyl (C=O) groups is 1. The number of thiazole rings is 1. The Morgan fingerprint density at radius 2 is 1.75 bits per heavy atom. The minimum Gasteiger partial charge on any atom is -0.427 e. The van der Waals surface area contributed by atoms with Crippen LogP contribution in [0.4, 0.5) is 0 Å². The molecule has 148 valence electrons. The van der Waals surface area contributed by atoms with Gasteiger partial charge in [-0.3, -0.25) is 9.36 Å². The van der Waals surface area contributed by atoms with Crippen LogP contribution in [0.3, 0.4) is 0 Å². The summed E-state index contributed by atoms with van der Waals surface area (Å²) in [4.78, 5) is 15.8. The lowest BCUT2D eigenvalue weighted by atomic mass is 10.2. The van der Waals surface area contributed by atoms with Gasteiger partial charge in [0, 0.05) is 18.6 Å². The Morgan fingerprint density at radius 3 is 2.36 bits per heavy atom. The molecule has 6 nitrogen and oxygen atoms in total. The summed E-state index contributed by atoms with van der Waals surface area (Å²) >= 11 is 1.52. The lowest BCUT2D eigenvalue weighted by molar-refractivity contribution is -0.131. The zero-order valence-corrected chi connectivity index (χ0v) is 17.7. The second-order valence-electron chi connectivity index (χ2n) is 6.04. The Morgan fingerprint density at radius 1 is 1.07 bits per heavy atom. The number of hydrogen-bond donors (Lipinski definition) is 0. The van der Waals surface area contributed by atoms with Gasteiger partial charge in [-0.1, -0.05) is 24.3 Å². The van der Waals surface area contributed by atoms with E-state index in [4.69, 9.17) is 13.8 Å². The molecule has 0 aliphatic heterocycles. The molecule has 0 atom stereocenters. The van der Waals surface area contributed by atoms with Crippen molar-refractivity contribution >= 4 is 35.1 Å². The highest BCUT2D eigenvalue weighted by molar-refractivity contribution is 7.53. The summed E-state index contributed by atoms with van der Waals surface area (Å²) in [6, 6.07) is 13.1. The van der Waals surface area contributed by atoms with Crippen LogP contribution in [0.1, 0.15) is 26.3 Å². The molecule has 2 aromatic carbocycles. The maximum absolute atomic E-state index is 12.7. The van der Waals surface area contributed by atoms with Gasteiger partial charge in [0.15, 0.2) is 0 Å². The van der Waals surface area contributed by atoms with E-state index in [1.807, 2.05) is 36.4 Å². The molecule has 8 heteroatoms. The van der Waals surface area contributed by atoms with Crippen LogP contribution in [-0.2, 0) is 24.6 Å². The minimum atomic E-state index is -3.12. The van der Waals surface area contributed by atoms with Crippen molar-refractivity contribution in [2.75, 3.05) is 13.2 Å². The summed E-state index contributed by atoms with van der Waals surface area (Å²) in [7, 11) is -3.12. The summed E-state index contributed by atoms with van der Waals surface area (Å²) in [5, 5.41) is 0.860. The Balaban J connectivity index is 1.81. The first kappa shape index (κ1) is 20.7. The Bertz CT molecular complexity index is 1010. The maximum Gasteiger partial charge on any atom is 0.335 e. The predicted octanol–water partition coefficient (Wildman–Crippen LogP) is 5.65. The van der Waals surface area contributed by atoms with Crippen LogP contribution in [0.15, 0.2) is 42.5 Å². The van der Waals surface area contributed by atoms with Gasteiger partial charge in [-0.15, -0.1) is 11.3 Å². The molecule has 0 radical (unpaired) electrons. The van der Waals surface area contributed by atoms with Gasteiger partial charge in [0.25, 0.3) is 0 Å². The van der Waals surface area contributed by atoms with Gasteiger partial charge in [0.05, 0.1) is 29.6 Å². The Labute approximate surface area is 168 Å². The average Bonchev–Trinajstić information content (AvgIpc) is 3.05. The third kappa shape index (κ3) is 5.06. The van der Waals surface area contributed by atoms with Gasteiger partial charge in [0.1, 0.15) is 10.8 Å². The molecule has 3 aromatic rings. The van der Waals surface area contributed by atoms with Crippen LogP contribution < -0.4 is 4.74 Å². The number of ether oxygens (including phenoxy) is 1. The summed E-state index contributed by atoms with van der Waals surface area (Å²) in [6.45, 7) is 5.66. The molecule has 0 unspecified atom stereocenters. The minimum absolute atomic E-state index is 0.237. The van der Waals surface area contributed by atoms with E-state index in [9.17, 15) is 9.36 Å². The average molecular weight is 419 g/mol. The predicted molar refractivity (Wildman–Crippen MR) is 111 cm³/mol. The van der Waals surface area contributed by atoms with Crippen LogP contribution in [-0.4, -0.2) is 24.2 Å². The standard InChI is InChI=1S/C20H22NO5PS/c1-4-24-27(23,25-5-2)13-15-6-8-16(9-7-15)20-21-18-11-10-17(26-14(3)22)12-19(18)28-20/h6-12H,4-5,13H2,1-3H3. The first-order valence-corrected chi connectivity index (χ1v) is 11.5. The van der Waals surface area contributed by atoms with E-state index < -0.39 is 7.60 Å². The molecule has 0 spiro atoms. The lowest BCUT2D eigenvalue weighted by Crippen LogP contribution is -2.00. The zero-order valence-electron chi connectivity index (χ0n) is 16.0. The topological polar surface area (TPSA) is 74.7 Å². The summed E-state index contributed by atoms with van der Waals surface area (Å²) < 4.78 is 29.5. The van der Waals surface area contributed by atoms with Gasteiger partial charge in [-0.05, 0) is 31.5 Å². The number of rotatable bonds is 8. The van der Waals surface area contributed by atoms with E-state index in [0.29, 0.717) is 19.0 Å². The van der Waals surface area contributed by atoms with Crippen molar-refractivity contribution in [2.24, 2.45) is 0 Å². The Hall–Kier alpha value is -2.05. The summed E-state index contributed by atoms with van der Waals surface area (Å²) in [5.41, 5.74) is 2.69. The van der Waals surface area contributed by atoms with E-state index in [1.165, 1.54) is 18.3 Å². The molecular weight excluding hydrogens is 397 g/mol. The van der Waals surface area contributed by atoms with Crippen molar-refractivity contribution in [3.63, 3.8) is 0 Å². The molecule has 0 saturated heterocycles. The van der Waals surface area contributed by atoms with Crippen molar-refractivity contribution in [2.45, 2.75) is 26.9 Å². The molecule has 1 heterocycles. The maximum atomic E-state index is 12.7. The third-order valence-electron chi connectivity index (χ3n) is 3.85. The second kappa shape index (κ2) is 8.97. The van der Waals surface area contributed by atoms with Crippen LogP contribution in [0.25, 0.3) is 20.8 Å². The molecule has 28 heavy (non-hydrogen) atoms. The number of nitrogens with zero attached hydrogens (tertiary/aromatic N) is 1. The molecular formula is C20H22NO5PS. The van der Waals surface area contributed by atoms with Crippen molar-refractivity contribution in [1.29, 1.82) is 0 Å². The van der Waals surface area contributed by atoms with Gasteiger partial charge < -0.3 is 13.8 Å². The monoisotopic (exact) mass is 419 g/mol. The summed E-state index contributed by atoms with van der Waals surface area (Å²) in [6.07, 6.45) is 0.237. The van der Waals surface area contributed by atoms with Crippen LogP contribution in [0.2, 0.25) is 0 Å². The van der Waals surface area contributed by atoms with Gasteiger partial charge >= 0.3 is 13.6 Å². The summed E-state index contributed by atoms with van der Waals surface area (Å²) in [5.74, 6) is 0.157. The second-order valence-corrected chi connectivity index (χ2v) is 9.13. The van der Waals surface area contributed by atoms with Gasteiger partial charge in [-0.25, -0.2) is 4.98 Å². The molecule has 0 N–H and O–H groups in total. The molecule has 1 aromatic heterocycles. The fraction of sp³-hybridized carbons (Fsp3) is 0.300. The first-order valence-electron chi connectivity index (χ1n) is 8.99. The zero-order chi connectivity index (χ0) is 20.1. The van der Waals surface area contributed by atoms with E-state index in [1.54, 1.807) is 19.9 Å². The molecule has 0 aliphatic rings. The highest BCUT2D eigenvalue weighted by Crippen LogP contribution is 2.51. The number of benzene rings is 2. The number of fused-ring (bicyclic) bond motifs is 1. The van der Waals surface area contributed by atoms with E-state index in [-0.39, 0.29) is 12.1 Å². The lowest BCUT2D eigenvalue weighted by Gasteiger charge is -2.17. The number of esters is 1. The van der Waals surface area contributed by atoms with Crippen molar-refractivity contribution in [3.8, 4) is 16.3 Å². The highest BCUT2D eigenvalue weighted by Gasteiger charge is 2.24. The molecule has 3 rings (SSSR count). The number of carbonyl (C=O) groups excluding carboxylic acids is 1. The van der Waals surface area contributed by atoms with Crippen LogP contribution in [0.5, 0.6) is 5.75 Å². The Kier molecular flexibility index (Phi) is 6.62. The number of aromatic nitrogens is 1. The molecule has 0 bridgehead atoms. The fourth-order valence-corrected chi connectivity index (χ4v) is 5.46. The van der Waals surface area contributed by atoms with Crippen LogP contribution in [0, 0.1) is 0 Å². The van der Waals surface area contributed by atoms with Crippen molar-refractivity contribution < 1.29 is 23.1 Å². The third-order valence-corrected chi connectivity index (χ3v) is 6.97. The quantitative estimate of drug-likeness (QED) is 0.267. The molecule has 0 amide bonds. The van der Waals surface area contributed by atoms with E-state index in [2.05, 4.69) is 4.98 Å². The SMILES string of the molecule is CCOP(=O)(Cc1ccc(-c2nc3ccc(OC(C)=O)cc3s2)cc1)OCC. The van der Waals surface area contributed by atoms with Crippen molar-refractivity contribution in [1.82, 2.24) is 4.98 Å². The van der Waals surface area contributed by atoms with Crippen molar-refractivity contribution in [3.05, 3.63) is 48.0 Å². The molecule has 0 aliphatic carbocycles. The van der Waals surface area contributed by atoms with Crippen LogP contribution >= 0.6 is 18.9 Å². The molecule has 0 fully saturated rings. The van der Waals surface area contributed by atoms with Gasteiger partial charge in [-0.2, -0.15) is 0 Å². The number of hydrogen-bond acceptors (Lipinski definition) is 7. The van der Waals surface area contributed by atoms with E-state index in [0.717, 1.165) is 26.4 Å². The van der Waals surface area contributed by atoms with Gasteiger partial charge in [0.2, 0.25) is 0 Å². The largest absolute Gasteiger partial charge is 0.427 e. The smallest absolute Gasteiger partial charge is 0.335 e. The first-order chi connectivity index (χ1) is 13.4. The molecule has 0 saturated carbocycles. The van der Waals surface area contributed by atoms with E-state index >= 15 is 0 Å². The highest BCUT2D eigenvalue weighted by atomic mass is 32.1.